The minimum atomic E-state index is -0.447. The minimum Gasteiger partial charge on any atom is -0.455 e. The Kier molecular flexibility index (Phi) is 5.87. The van der Waals surface area contributed by atoms with Gasteiger partial charge in [-0.05, 0) is 52.1 Å². The molecule has 0 unspecified atom stereocenters. The summed E-state index contributed by atoms with van der Waals surface area (Å²) in [6.45, 7) is 0. The summed E-state index contributed by atoms with van der Waals surface area (Å²) in [7, 11) is 0. The van der Waals surface area contributed by atoms with Gasteiger partial charge < -0.3 is 4.42 Å². The van der Waals surface area contributed by atoms with Gasteiger partial charge in [0.05, 0.1) is 6.85 Å². The van der Waals surface area contributed by atoms with Crippen molar-refractivity contribution in [2.75, 3.05) is 0 Å². The molecule has 0 radical (unpaired) electrons. The average Bonchev–Trinajstić information content (AvgIpc) is 3.61. The molecule has 2 heterocycles. The smallest absolute Gasteiger partial charge is 0.164 e. The molecule has 0 bridgehead atoms. The summed E-state index contributed by atoms with van der Waals surface area (Å²) in [5.41, 5.74) is 7.80. The lowest BCUT2D eigenvalue weighted by Gasteiger charge is -2.09. The molecule has 9 aromatic rings. The Morgan fingerprint density at radius 1 is 0.388 bits per heavy atom. The van der Waals surface area contributed by atoms with Gasteiger partial charge in [0.1, 0.15) is 11.2 Å². The molecule has 0 saturated heterocycles. The van der Waals surface area contributed by atoms with E-state index in [0.29, 0.717) is 39.8 Å². The molecular weight excluding hydrogens is 599 g/mol. The number of fused-ring (bicyclic) bond motifs is 3. The number of aromatic nitrogens is 3. The Morgan fingerprint density at radius 2 is 0.878 bits per heavy atom. The maximum Gasteiger partial charge on any atom is 0.164 e. The van der Waals surface area contributed by atoms with E-state index in [0.717, 1.165) is 44.2 Å². The molecule has 4 nitrogen and oxygen atoms in total. The fourth-order valence-corrected chi connectivity index (χ4v) is 6.18. The molecular formula is C45H29N3O. The summed E-state index contributed by atoms with van der Waals surface area (Å²) in [5, 5.41) is 1.55. The van der Waals surface area contributed by atoms with E-state index in [1.165, 1.54) is 0 Å². The first-order valence-corrected chi connectivity index (χ1v) is 15.9. The van der Waals surface area contributed by atoms with E-state index in [1.54, 1.807) is 0 Å². The Labute approximate surface area is 291 Å². The highest BCUT2D eigenvalue weighted by Gasteiger charge is 2.18. The van der Waals surface area contributed by atoms with E-state index in [2.05, 4.69) is 24.3 Å². The maximum atomic E-state index is 8.81. The molecule has 0 N–H and O–H groups in total. The summed E-state index contributed by atoms with van der Waals surface area (Å²) < 4.78 is 49.2. The number of rotatable bonds is 6. The van der Waals surface area contributed by atoms with Crippen LogP contribution in [0, 0.1) is 0 Å². The molecule has 0 amide bonds. The first-order valence-electron chi connectivity index (χ1n) is 18.4. The molecule has 4 heteroatoms. The lowest BCUT2D eigenvalue weighted by Crippen LogP contribution is -2.00. The zero-order valence-corrected chi connectivity index (χ0v) is 26.1. The molecule has 0 spiro atoms. The van der Waals surface area contributed by atoms with Crippen LogP contribution >= 0.6 is 0 Å². The van der Waals surface area contributed by atoms with Crippen LogP contribution in [0.5, 0.6) is 0 Å². The molecule has 0 saturated carbocycles. The first-order chi connectivity index (χ1) is 26.3. The van der Waals surface area contributed by atoms with Crippen molar-refractivity contribution in [3.63, 3.8) is 0 Å². The van der Waals surface area contributed by atoms with Crippen LogP contribution in [0.15, 0.2) is 180 Å². The third-order valence-corrected chi connectivity index (χ3v) is 8.63. The zero-order valence-electron chi connectivity index (χ0n) is 31.1. The third-order valence-electron chi connectivity index (χ3n) is 8.63. The number of benzene rings is 7. The molecule has 0 aliphatic heterocycles. The second-order valence-electron chi connectivity index (χ2n) is 11.7. The topological polar surface area (TPSA) is 51.8 Å². The highest BCUT2D eigenvalue weighted by atomic mass is 16.3. The largest absolute Gasteiger partial charge is 0.455 e. The Hall–Kier alpha value is -6.65. The van der Waals surface area contributed by atoms with Crippen LogP contribution in [0.3, 0.4) is 0 Å². The summed E-state index contributed by atoms with van der Waals surface area (Å²) in [6.07, 6.45) is 0. The number of hydrogen-bond donors (Lipinski definition) is 0. The second kappa shape index (κ2) is 12.2. The zero-order chi connectivity index (χ0) is 36.9. The summed E-state index contributed by atoms with van der Waals surface area (Å²) in [6, 6.07) is 45.7. The van der Waals surface area contributed by atoms with Gasteiger partial charge in [-0.25, -0.2) is 15.0 Å². The van der Waals surface area contributed by atoms with Crippen LogP contribution in [0.25, 0.3) is 89.5 Å². The highest BCUT2D eigenvalue weighted by Crippen LogP contribution is 2.40. The number of nitrogens with zero attached hydrogens (tertiary/aromatic N) is 3. The van der Waals surface area contributed by atoms with Crippen molar-refractivity contribution >= 4 is 21.9 Å². The van der Waals surface area contributed by atoms with Crippen LogP contribution in [-0.2, 0) is 0 Å². The summed E-state index contributed by atoms with van der Waals surface area (Å²) in [5.74, 6) is 1.52. The average molecular weight is 633 g/mol. The molecule has 7 aromatic carbocycles. The van der Waals surface area contributed by atoms with Crippen molar-refractivity contribution in [2.45, 2.75) is 0 Å². The molecule has 0 aliphatic carbocycles. The predicted octanol–water partition coefficient (Wildman–Crippen LogP) is 11.8. The van der Waals surface area contributed by atoms with Gasteiger partial charge in [-0.2, -0.15) is 0 Å². The first kappa shape index (κ1) is 23.6. The maximum absolute atomic E-state index is 8.81. The monoisotopic (exact) mass is 632 g/mol. The number of furan rings is 1. The fraction of sp³-hybridized carbons (Fsp3) is 0. The third kappa shape index (κ3) is 5.45. The van der Waals surface area contributed by atoms with Gasteiger partial charge in [0.2, 0.25) is 0 Å². The van der Waals surface area contributed by atoms with Gasteiger partial charge in [-0.1, -0.05) is 152 Å². The van der Waals surface area contributed by atoms with Gasteiger partial charge in [0.15, 0.2) is 17.5 Å². The van der Waals surface area contributed by atoms with E-state index in [9.17, 15) is 0 Å². The normalized spacial score (nSPS) is 12.7. The van der Waals surface area contributed by atoms with Crippen LogP contribution in [0.1, 0.15) is 6.85 Å². The lowest BCUT2D eigenvalue weighted by atomic mass is 9.95. The molecule has 230 valence electrons. The van der Waals surface area contributed by atoms with Crippen LogP contribution in [0.2, 0.25) is 0 Å². The quantitative estimate of drug-likeness (QED) is 0.183. The molecule has 49 heavy (non-hydrogen) atoms. The van der Waals surface area contributed by atoms with Gasteiger partial charge >= 0.3 is 0 Å². The van der Waals surface area contributed by atoms with Crippen molar-refractivity contribution in [3.05, 3.63) is 176 Å². The Bertz CT molecular complexity index is 2830. The van der Waals surface area contributed by atoms with Crippen molar-refractivity contribution in [3.8, 4) is 67.5 Å². The molecule has 9 rings (SSSR count). The van der Waals surface area contributed by atoms with E-state index in [1.807, 2.05) is 121 Å². The lowest BCUT2D eigenvalue weighted by molar-refractivity contribution is 0.670. The van der Waals surface area contributed by atoms with Crippen LogP contribution < -0.4 is 0 Å². The van der Waals surface area contributed by atoms with E-state index < -0.39 is 18.1 Å². The number of hydrogen-bond acceptors (Lipinski definition) is 4. The van der Waals surface area contributed by atoms with E-state index in [-0.39, 0.29) is 17.6 Å². The molecule has 0 atom stereocenters. The standard InChI is InChI=1S/C45H29N3O/c1-5-13-30(14-6-1)32-21-23-35(24-22-32)44-46-43(34-19-11-4-12-20-34)47-45(48-44)36-25-26-38-40-28-37(31-15-7-2-8-16-31)27-39(33-17-9-3-10-18-33)42(40)49-41(38)29-36/h1-29H/i3D,9D,10D,17D,18D. The second-order valence-corrected chi connectivity index (χ2v) is 11.7. The van der Waals surface area contributed by atoms with Crippen molar-refractivity contribution in [1.82, 2.24) is 15.0 Å². The van der Waals surface area contributed by atoms with Gasteiger partial charge in [0.25, 0.3) is 0 Å². The van der Waals surface area contributed by atoms with Gasteiger partial charge in [-0.15, -0.1) is 0 Å². The van der Waals surface area contributed by atoms with Crippen molar-refractivity contribution < 1.29 is 11.3 Å². The SMILES string of the molecule is [2H]c1c([2H])c([2H])c(-c2cc(-c3ccccc3)cc3c2oc2cc(-c4nc(-c5ccccc5)nc(-c5ccc(-c6ccccc6)cc5)n4)ccc23)c([2H])c1[2H]. The Morgan fingerprint density at radius 3 is 1.51 bits per heavy atom. The van der Waals surface area contributed by atoms with Crippen molar-refractivity contribution in [2.24, 2.45) is 0 Å². The summed E-state index contributed by atoms with van der Waals surface area (Å²) >= 11 is 0. The summed E-state index contributed by atoms with van der Waals surface area (Å²) in [4.78, 5) is 14.8. The fourth-order valence-electron chi connectivity index (χ4n) is 6.18. The predicted molar refractivity (Wildman–Crippen MR) is 200 cm³/mol. The minimum absolute atomic E-state index is 0.0796. The molecule has 0 fully saturated rings. The van der Waals surface area contributed by atoms with E-state index in [4.69, 9.17) is 26.2 Å². The van der Waals surface area contributed by atoms with E-state index >= 15 is 0 Å². The van der Waals surface area contributed by atoms with Crippen molar-refractivity contribution in [1.29, 1.82) is 0 Å². The van der Waals surface area contributed by atoms with Gasteiger partial charge in [0, 0.05) is 33.0 Å². The molecule has 2 aromatic heterocycles. The van der Waals surface area contributed by atoms with Gasteiger partial charge in [-0.3, -0.25) is 0 Å². The van der Waals surface area contributed by atoms with Crippen LogP contribution in [-0.4, -0.2) is 15.0 Å². The van der Waals surface area contributed by atoms with Crippen LogP contribution in [0.4, 0.5) is 0 Å². The Balaban J connectivity index is 1.23. The highest BCUT2D eigenvalue weighted by molar-refractivity contribution is 6.12. The molecule has 0 aliphatic rings.